The van der Waals surface area contributed by atoms with Crippen LogP contribution in [0.2, 0.25) is 0 Å². The first-order chi connectivity index (χ1) is 8.81. The Morgan fingerprint density at radius 3 is 2.33 bits per heavy atom. The Bertz CT molecular complexity index is 669. The Morgan fingerprint density at radius 2 is 1.50 bits per heavy atom. The average Bonchev–Trinajstić information content (AvgIpc) is 2.61. The molecule has 2 aromatic carbocycles. The first kappa shape index (κ1) is 11.3. The van der Waals surface area contributed by atoms with Gasteiger partial charge in [-0.2, -0.15) is 0 Å². The van der Waals surface area contributed by atoms with Crippen molar-refractivity contribution in [1.82, 2.24) is 0 Å². The molecule has 0 saturated carbocycles. The molecule has 1 nitrogen and oxygen atoms in total. The van der Waals surface area contributed by atoms with E-state index in [0.717, 1.165) is 16.2 Å². The fourth-order valence-corrected chi connectivity index (χ4v) is 4.62. The van der Waals surface area contributed by atoms with Crippen molar-refractivity contribution in [2.24, 2.45) is 0 Å². The van der Waals surface area contributed by atoms with E-state index >= 15 is 0 Å². The molecule has 1 aliphatic heterocycles. The minimum absolute atomic E-state index is 0.886. The van der Waals surface area contributed by atoms with Crippen LogP contribution in [-0.4, -0.2) is 0 Å². The lowest BCUT2D eigenvalue weighted by molar-refractivity contribution is 0.592. The molecule has 1 unspecified atom stereocenters. The highest BCUT2D eigenvalue weighted by atomic mass is 31.2. The van der Waals surface area contributed by atoms with E-state index in [4.69, 9.17) is 0 Å². The second kappa shape index (κ2) is 4.44. The molecule has 2 aromatic rings. The smallest absolute Gasteiger partial charge is 0.164 e. The molecule has 0 bridgehead atoms. The van der Waals surface area contributed by atoms with Crippen LogP contribution in [0, 0.1) is 0 Å². The second-order valence-electron chi connectivity index (χ2n) is 4.25. The molecule has 1 aliphatic rings. The Balaban J connectivity index is 2.28. The number of rotatable bonds is 1. The van der Waals surface area contributed by atoms with Gasteiger partial charge in [0.15, 0.2) is 7.14 Å². The zero-order chi connectivity index (χ0) is 12.4. The topological polar surface area (TPSA) is 17.1 Å². The lowest BCUT2D eigenvalue weighted by Crippen LogP contribution is -2.16. The van der Waals surface area contributed by atoms with Gasteiger partial charge in [-0.1, -0.05) is 72.8 Å². The first-order valence-corrected chi connectivity index (χ1v) is 7.69. The lowest BCUT2D eigenvalue weighted by Gasteiger charge is -2.16. The van der Waals surface area contributed by atoms with Gasteiger partial charge in [0.2, 0.25) is 0 Å². The van der Waals surface area contributed by atoms with Crippen molar-refractivity contribution in [3.63, 3.8) is 0 Å². The van der Waals surface area contributed by atoms with Crippen molar-refractivity contribution >= 4 is 23.8 Å². The molecule has 0 amide bonds. The van der Waals surface area contributed by atoms with E-state index in [1.165, 1.54) is 0 Å². The van der Waals surface area contributed by atoms with Crippen molar-refractivity contribution in [2.75, 3.05) is 0 Å². The Labute approximate surface area is 107 Å². The minimum atomic E-state index is -2.64. The van der Waals surface area contributed by atoms with Crippen molar-refractivity contribution in [1.29, 1.82) is 0 Å². The van der Waals surface area contributed by atoms with E-state index < -0.39 is 7.14 Å². The maximum absolute atomic E-state index is 13.4. The third-order valence-electron chi connectivity index (χ3n) is 3.12. The van der Waals surface area contributed by atoms with E-state index in [2.05, 4.69) is 0 Å². The highest BCUT2D eigenvalue weighted by Gasteiger charge is 2.26. The molecule has 0 aliphatic carbocycles. The van der Waals surface area contributed by atoms with E-state index in [1.54, 1.807) is 0 Å². The molecule has 1 atom stereocenters. The maximum atomic E-state index is 13.4. The predicted octanol–water partition coefficient (Wildman–Crippen LogP) is 3.54. The highest BCUT2D eigenvalue weighted by Crippen LogP contribution is 2.46. The van der Waals surface area contributed by atoms with Crippen LogP contribution in [0.1, 0.15) is 5.56 Å². The molecule has 1 heterocycles. The summed E-state index contributed by atoms with van der Waals surface area (Å²) in [4.78, 5) is 0. The summed E-state index contributed by atoms with van der Waals surface area (Å²) in [5, 5.41) is 1.80. The van der Waals surface area contributed by atoms with E-state index in [0.29, 0.717) is 0 Å². The molecule has 18 heavy (non-hydrogen) atoms. The van der Waals surface area contributed by atoms with E-state index in [1.807, 2.05) is 78.6 Å². The van der Waals surface area contributed by atoms with Crippen molar-refractivity contribution in [2.45, 2.75) is 0 Å². The number of hydrogen-bond acceptors (Lipinski definition) is 1. The SMILES string of the molecule is O=P1(c2ccccc2)C=CC=Cc2ccccc21. The molecular weight excluding hydrogens is 239 g/mol. The molecule has 0 N–H and O–H groups in total. The van der Waals surface area contributed by atoms with Crippen LogP contribution in [-0.2, 0) is 4.57 Å². The van der Waals surface area contributed by atoms with Gasteiger partial charge < -0.3 is 4.57 Å². The van der Waals surface area contributed by atoms with Crippen LogP contribution in [0.25, 0.3) is 6.08 Å². The molecule has 3 rings (SSSR count). The zero-order valence-corrected chi connectivity index (χ0v) is 10.8. The second-order valence-corrected chi connectivity index (χ2v) is 6.87. The van der Waals surface area contributed by atoms with Crippen molar-refractivity contribution in [3.05, 3.63) is 78.1 Å². The molecule has 2 heteroatoms. The predicted molar refractivity (Wildman–Crippen MR) is 77.9 cm³/mol. The van der Waals surface area contributed by atoms with Crippen LogP contribution in [0.4, 0.5) is 0 Å². The third-order valence-corrected chi connectivity index (χ3v) is 5.90. The summed E-state index contributed by atoms with van der Waals surface area (Å²) >= 11 is 0. The largest absolute Gasteiger partial charge is 0.309 e. The normalized spacial score (nSPS) is 21.3. The summed E-state index contributed by atoms with van der Waals surface area (Å²) < 4.78 is 13.4. The van der Waals surface area contributed by atoms with Gasteiger partial charge >= 0.3 is 0 Å². The average molecular weight is 252 g/mol. The monoisotopic (exact) mass is 252 g/mol. The summed E-state index contributed by atoms with van der Waals surface area (Å²) in [6, 6.07) is 17.6. The van der Waals surface area contributed by atoms with Gasteiger partial charge in [-0.3, -0.25) is 0 Å². The van der Waals surface area contributed by atoms with Gasteiger partial charge in [0.25, 0.3) is 0 Å². The quantitative estimate of drug-likeness (QED) is 0.709. The fourth-order valence-electron chi connectivity index (χ4n) is 2.22. The molecular formula is C16H13OP. The van der Waals surface area contributed by atoms with Gasteiger partial charge in [-0.05, 0) is 11.4 Å². The third kappa shape index (κ3) is 1.77. The first-order valence-electron chi connectivity index (χ1n) is 5.91. The van der Waals surface area contributed by atoms with Gasteiger partial charge in [-0.25, -0.2) is 0 Å². The number of hydrogen-bond donors (Lipinski definition) is 0. The van der Waals surface area contributed by atoms with Gasteiger partial charge in [0, 0.05) is 10.6 Å². The number of allylic oxidation sites excluding steroid dienone is 2. The van der Waals surface area contributed by atoms with Crippen LogP contribution in [0.5, 0.6) is 0 Å². The summed E-state index contributed by atoms with van der Waals surface area (Å²) in [5.74, 6) is 1.84. The molecule has 0 aromatic heterocycles. The molecule has 88 valence electrons. The summed E-state index contributed by atoms with van der Waals surface area (Å²) in [6.07, 6.45) is 5.84. The van der Waals surface area contributed by atoms with Crippen LogP contribution in [0.15, 0.2) is 72.6 Å². The summed E-state index contributed by atoms with van der Waals surface area (Å²) in [5.41, 5.74) is 1.04. The fraction of sp³-hybridized carbons (Fsp3) is 0. The molecule has 0 fully saturated rings. The van der Waals surface area contributed by atoms with Crippen LogP contribution >= 0.6 is 7.14 Å². The van der Waals surface area contributed by atoms with Crippen molar-refractivity contribution < 1.29 is 4.57 Å². The molecule has 0 radical (unpaired) electrons. The molecule has 0 saturated heterocycles. The van der Waals surface area contributed by atoms with Gasteiger partial charge in [-0.15, -0.1) is 0 Å². The Morgan fingerprint density at radius 1 is 0.778 bits per heavy atom. The number of benzene rings is 2. The van der Waals surface area contributed by atoms with E-state index in [-0.39, 0.29) is 0 Å². The maximum Gasteiger partial charge on any atom is 0.164 e. The standard InChI is InChI=1S/C16H13OP/c17-18(15-10-2-1-3-11-15)13-7-6-9-14-8-4-5-12-16(14)18/h1-13H. The van der Waals surface area contributed by atoms with Crippen LogP contribution in [0.3, 0.4) is 0 Å². The van der Waals surface area contributed by atoms with Crippen LogP contribution < -0.4 is 10.6 Å². The van der Waals surface area contributed by atoms with Gasteiger partial charge in [0.05, 0.1) is 0 Å². The lowest BCUT2D eigenvalue weighted by atomic mass is 10.2. The molecule has 0 spiro atoms. The zero-order valence-electron chi connectivity index (χ0n) is 9.86. The summed E-state index contributed by atoms with van der Waals surface area (Å²) in [7, 11) is -2.64. The van der Waals surface area contributed by atoms with Gasteiger partial charge in [0.1, 0.15) is 0 Å². The minimum Gasteiger partial charge on any atom is -0.309 e. The Kier molecular flexibility index (Phi) is 2.77. The number of fused-ring (bicyclic) bond motifs is 1. The highest BCUT2D eigenvalue weighted by molar-refractivity contribution is 7.81. The Hall–Kier alpha value is -1.85. The summed E-state index contributed by atoms with van der Waals surface area (Å²) in [6.45, 7) is 0. The van der Waals surface area contributed by atoms with E-state index in [9.17, 15) is 4.57 Å². The van der Waals surface area contributed by atoms with Crippen molar-refractivity contribution in [3.8, 4) is 0 Å².